The Hall–Kier alpha value is -1.58. The van der Waals surface area contributed by atoms with Crippen LogP contribution in [0.3, 0.4) is 0 Å². The van der Waals surface area contributed by atoms with Crippen LogP contribution in [0.1, 0.15) is 0 Å². The van der Waals surface area contributed by atoms with E-state index in [9.17, 15) is 5.21 Å². The van der Waals surface area contributed by atoms with Crippen molar-refractivity contribution in [1.29, 1.82) is 0 Å². The molecule has 0 aliphatic carbocycles. The zero-order valence-electron chi connectivity index (χ0n) is 6.10. The summed E-state index contributed by atoms with van der Waals surface area (Å²) >= 11 is 0. The molecule has 4 heteroatoms. The van der Waals surface area contributed by atoms with E-state index in [0.717, 1.165) is 0 Å². The molecule has 0 aromatic heterocycles. The van der Waals surface area contributed by atoms with E-state index in [1.54, 1.807) is 24.3 Å². The van der Waals surface area contributed by atoms with Crippen LogP contribution in [0.15, 0.2) is 35.6 Å². The third kappa shape index (κ3) is 1.93. The van der Waals surface area contributed by atoms with Crippen LogP contribution < -0.4 is 0 Å². The Balaban J connectivity index is 2.85. The van der Waals surface area contributed by atoms with E-state index in [-0.39, 0.29) is 0 Å². The molecule has 0 aliphatic heterocycles. The number of benzene rings is 1. The van der Waals surface area contributed by atoms with E-state index < -0.39 is 0 Å². The van der Waals surface area contributed by atoms with E-state index in [1.165, 1.54) is 7.11 Å². The number of para-hydroxylation sites is 1. The van der Waals surface area contributed by atoms with Crippen LogP contribution in [0, 0.1) is 5.21 Å². The van der Waals surface area contributed by atoms with Crippen molar-refractivity contribution in [3.8, 4) is 0 Å². The molecule has 1 rings (SSSR count). The average molecular weight is 152 g/mol. The van der Waals surface area contributed by atoms with Gasteiger partial charge in [0.25, 0.3) is 0 Å². The molecule has 4 nitrogen and oxygen atoms in total. The van der Waals surface area contributed by atoms with Gasteiger partial charge in [0, 0.05) is 12.1 Å². The summed E-state index contributed by atoms with van der Waals surface area (Å²) in [6.07, 6.45) is 0. The van der Waals surface area contributed by atoms with Crippen LogP contribution in [-0.4, -0.2) is 12.0 Å². The molecule has 1 aromatic carbocycles. The van der Waals surface area contributed by atoms with Crippen molar-refractivity contribution >= 4 is 5.69 Å². The van der Waals surface area contributed by atoms with Crippen LogP contribution in [0.5, 0.6) is 0 Å². The summed E-state index contributed by atoms with van der Waals surface area (Å²) in [4.78, 5) is 4.71. The molecule has 0 fully saturated rings. The maximum absolute atomic E-state index is 10.9. The fourth-order valence-corrected chi connectivity index (χ4v) is 0.677. The summed E-state index contributed by atoms with van der Waals surface area (Å²) < 4.78 is 0. The van der Waals surface area contributed by atoms with Gasteiger partial charge in [-0.1, -0.05) is 18.2 Å². The Morgan fingerprint density at radius 1 is 1.36 bits per heavy atom. The summed E-state index contributed by atoms with van der Waals surface area (Å²) in [6.45, 7) is 0. The molecule has 58 valence electrons. The van der Waals surface area contributed by atoms with E-state index in [0.29, 0.717) is 10.5 Å². The van der Waals surface area contributed by atoms with Gasteiger partial charge in [0.15, 0.2) is 0 Å². The first-order chi connectivity index (χ1) is 5.34. The molecular formula is C7H8N2O2. The van der Waals surface area contributed by atoms with Gasteiger partial charge in [-0.3, -0.25) is 0 Å². The van der Waals surface area contributed by atoms with Gasteiger partial charge < -0.3 is 10.0 Å². The second-order valence-corrected chi connectivity index (χ2v) is 1.87. The third-order valence-electron chi connectivity index (χ3n) is 1.13. The van der Waals surface area contributed by atoms with Crippen molar-refractivity contribution in [3.63, 3.8) is 0 Å². The summed E-state index contributed by atoms with van der Waals surface area (Å²) in [7, 11) is 1.33. The Kier molecular flexibility index (Phi) is 2.43. The molecule has 0 heterocycles. The van der Waals surface area contributed by atoms with Crippen molar-refractivity contribution in [2.75, 3.05) is 7.11 Å². The lowest BCUT2D eigenvalue weighted by Crippen LogP contribution is -1.90. The van der Waals surface area contributed by atoms with Gasteiger partial charge in [-0.05, 0) is 4.86 Å². The highest BCUT2D eigenvalue weighted by Gasteiger charge is 1.99. The Morgan fingerprint density at radius 2 is 2.00 bits per heavy atom. The first-order valence-corrected chi connectivity index (χ1v) is 3.11. The maximum atomic E-state index is 10.9. The van der Waals surface area contributed by atoms with E-state index in [4.69, 9.17) is 0 Å². The van der Waals surface area contributed by atoms with Crippen LogP contribution in [0.4, 0.5) is 5.69 Å². The second-order valence-electron chi connectivity index (χ2n) is 1.87. The monoisotopic (exact) mass is 152 g/mol. The molecule has 0 atom stereocenters. The zero-order valence-corrected chi connectivity index (χ0v) is 6.10. The predicted molar refractivity (Wildman–Crippen MR) is 39.2 cm³/mol. The van der Waals surface area contributed by atoms with Crippen LogP contribution in [0.25, 0.3) is 0 Å². The van der Waals surface area contributed by atoms with Crippen molar-refractivity contribution in [3.05, 3.63) is 35.5 Å². The average Bonchev–Trinajstić information content (AvgIpc) is 2.07. The topological polar surface area (TPSA) is 47.7 Å². The molecule has 0 saturated heterocycles. The molecule has 0 N–H and O–H groups in total. The van der Waals surface area contributed by atoms with Crippen LogP contribution in [0.2, 0.25) is 0 Å². The number of nitrogens with zero attached hydrogens (tertiary/aromatic N) is 2. The Bertz CT molecular complexity index is 246. The zero-order chi connectivity index (χ0) is 8.10. The van der Waals surface area contributed by atoms with Gasteiger partial charge in [0.1, 0.15) is 7.11 Å². The minimum absolute atomic E-state index is 0.417. The van der Waals surface area contributed by atoms with Crippen LogP contribution in [-0.2, 0) is 4.84 Å². The third-order valence-corrected chi connectivity index (χ3v) is 1.13. The van der Waals surface area contributed by atoms with Gasteiger partial charge in [-0.2, -0.15) is 0 Å². The first-order valence-electron chi connectivity index (χ1n) is 3.11. The number of hydrogen-bond acceptors (Lipinski definition) is 3. The van der Waals surface area contributed by atoms with E-state index in [1.807, 2.05) is 6.07 Å². The van der Waals surface area contributed by atoms with Crippen molar-refractivity contribution in [2.24, 2.45) is 5.28 Å². The van der Waals surface area contributed by atoms with Gasteiger partial charge in [-0.15, -0.1) is 0 Å². The highest BCUT2D eigenvalue weighted by Crippen LogP contribution is 2.08. The standard InChI is InChI=1S/C7H8N2O2/c1-11-8-9(10)7-5-3-2-4-6-7/h2-6H,1H3/b9-8-. The molecule has 0 radical (unpaired) electrons. The highest BCUT2D eigenvalue weighted by atomic mass is 16.7. The summed E-state index contributed by atoms with van der Waals surface area (Å²) in [5, 5.41) is 14.0. The van der Waals surface area contributed by atoms with E-state index in [2.05, 4.69) is 10.1 Å². The van der Waals surface area contributed by atoms with Gasteiger partial charge in [0.2, 0.25) is 11.0 Å². The van der Waals surface area contributed by atoms with Crippen molar-refractivity contribution in [1.82, 2.24) is 0 Å². The predicted octanol–water partition coefficient (Wildman–Crippen LogP) is 1.84. The lowest BCUT2D eigenvalue weighted by atomic mass is 10.3. The second kappa shape index (κ2) is 3.55. The molecule has 0 unspecified atom stereocenters. The molecular weight excluding hydrogens is 144 g/mol. The lowest BCUT2D eigenvalue weighted by Gasteiger charge is -1.95. The molecule has 0 spiro atoms. The molecule has 0 aliphatic rings. The van der Waals surface area contributed by atoms with Gasteiger partial charge >= 0.3 is 0 Å². The smallest absolute Gasteiger partial charge is 0.248 e. The van der Waals surface area contributed by atoms with Crippen molar-refractivity contribution in [2.45, 2.75) is 0 Å². The van der Waals surface area contributed by atoms with Gasteiger partial charge in [-0.25, -0.2) is 0 Å². The summed E-state index contributed by atoms with van der Waals surface area (Å²) in [6, 6.07) is 8.63. The largest absolute Gasteiger partial charge is 0.592 e. The Morgan fingerprint density at radius 3 is 2.55 bits per heavy atom. The minimum Gasteiger partial charge on any atom is -0.592 e. The quantitative estimate of drug-likeness (QED) is 0.369. The van der Waals surface area contributed by atoms with Gasteiger partial charge in [0.05, 0.1) is 0 Å². The minimum atomic E-state index is 0.417. The van der Waals surface area contributed by atoms with E-state index >= 15 is 0 Å². The fraction of sp³-hybridized carbons (Fsp3) is 0.143. The SMILES string of the molecule is CO/N=[N+](\[O-])c1ccccc1. The Labute approximate surface area is 64.3 Å². The normalized spacial score (nSPS) is 11.2. The fourth-order valence-electron chi connectivity index (χ4n) is 0.677. The summed E-state index contributed by atoms with van der Waals surface area (Å²) in [5.41, 5.74) is 0.453. The molecule has 0 bridgehead atoms. The highest BCUT2D eigenvalue weighted by molar-refractivity contribution is 5.27. The maximum Gasteiger partial charge on any atom is 0.248 e. The summed E-state index contributed by atoms with van der Waals surface area (Å²) in [5.74, 6) is 0. The first kappa shape index (κ1) is 7.53. The van der Waals surface area contributed by atoms with Crippen molar-refractivity contribution < 1.29 is 9.70 Å². The molecule has 11 heavy (non-hydrogen) atoms. The van der Waals surface area contributed by atoms with Crippen LogP contribution >= 0.6 is 0 Å². The molecule has 1 aromatic rings. The molecule has 0 saturated carbocycles. The number of hydrogen-bond donors (Lipinski definition) is 0. The number of rotatable bonds is 2. The lowest BCUT2D eigenvalue weighted by molar-refractivity contribution is -0.476. The molecule has 0 amide bonds.